The molecule has 0 atom stereocenters. The lowest BCUT2D eigenvalue weighted by Gasteiger charge is -2.18. The molecular formula is C14H20O2. The largest absolute Gasteiger partial charge is 0.496 e. The Labute approximate surface area is 97.3 Å². The van der Waals surface area contributed by atoms with E-state index in [9.17, 15) is 5.11 Å². The first-order valence-electron chi connectivity index (χ1n) is 5.83. The maximum absolute atomic E-state index is 10.0. The van der Waals surface area contributed by atoms with E-state index in [0.717, 1.165) is 25.0 Å². The van der Waals surface area contributed by atoms with Crippen LogP contribution in [-0.4, -0.2) is 17.8 Å². The van der Waals surface area contributed by atoms with Crippen molar-refractivity contribution in [3.05, 3.63) is 28.3 Å². The van der Waals surface area contributed by atoms with E-state index in [1.807, 2.05) is 0 Å². The summed E-state index contributed by atoms with van der Waals surface area (Å²) in [6.07, 6.45) is 2.56. The molecule has 0 saturated heterocycles. The molecule has 2 nitrogen and oxygen atoms in total. The Balaban J connectivity index is 2.45. The van der Waals surface area contributed by atoms with Gasteiger partial charge in [-0.05, 0) is 50.3 Å². The van der Waals surface area contributed by atoms with Gasteiger partial charge < -0.3 is 9.84 Å². The molecule has 1 fully saturated rings. The normalized spacial score (nSPS) is 17.3. The third-order valence-corrected chi connectivity index (χ3v) is 3.65. The summed E-state index contributed by atoms with van der Waals surface area (Å²) in [7, 11) is 1.71. The van der Waals surface area contributed by atoms with Crippen LogP contribution in [0.15, 0.2) is 6.07 Å². The first kappa shape index (κ1) is 11.5. The number of aliphatic hydroxyl groups is 1. The Hall–Kier alpha value is -1.02. The van der Waals surface area contributed by atoms with E-state index in [-0.39, 0.29) is 0 Å². The fourth-order valence-corrected chi connectivity index (χ4v) is 2.25. The van der Waals surface area contributed by atoms with Crippen molar-refractivity contribution in [1.29, 1.82) is 0 Å². The highest BCUT2D eigenvalue weighted by Crippen LogP contribution is 2.42. The van der Waals surface area contributed by atoms with Crippen molar-refractivity contribution in [2.75, 3.05) is 7.11 Å². The summed E-state index contributed by atoms with van der Waals surface area (Å²) < 4.78 is 5.50. The monoisotopic (exact) mass is 220 g/mol. The molecule has 0 aliphatic heterocycles. The SMILES string of the molecule is COc1c(C)c(C)cc(C)c1CC1(O)CC1. The number of methoxy groups -OCH3 is 1. The Kier molecular flexibility index (Phi) is 2.70. The number of hydrogen-bond donors (Lipinski definition) is 1. The summed E-state index contributed by atoms with van der Waals surface area (Å²) in [6, 6.07) is 2.18. The number of ether oxygens (including phenoxy) is 1. The van der Waals surface area contributed by atoms with Crippen molar-refractivity contribution in [3.63, 3.8) is 0 Å². The molecule has 0 unspecified atom stereocenters. The summed E-state index contributed by atoms with van der Waals surface area (Å²) in [6.45, 7) is 6.27. The topological polar surface area (TPSA) is 29.5 Å². The third-order valence-electron chi connectivity index (χ3n) is 3.65. The van der Waals surface area contributed by atoms with Crippen molar-refractivity contribution >= 4 is 0 Å². The number of hydrogen-bond acceptors (Lipinski definition) is 2. The van der Waals surface area contributed by atoms with Gasteiger partial charge in [0.15, 0.2) is 0 Å². The van der Waals surface area contributed by atoms with Gasteiger partial charge >= 0.3 is 0 Å². The van der Waals surface area contributed by atoms with Crippen LogP contribution in [0, 0.1) is 20.8 Å². The molecule has 1 saturated carbocycles. The van der Waals surface area contributed by atoms with Crippen molar-refractivity contribution in [3.8, 4) is 5.75 Å². The second kappa shape index (κ2) is 3.77. The first-order chi connectivity index (χ1) is 7.47. The van der Waals surface area contributed by atoms with Gasteiger partial charge in [0, 0.05) is 12.0 Å². The fraction of sp³-hybridized carbons (Fsp3) is 0.571. The molecule has 16 heavy (non-hydrogen) atoms. The van der Waals surface area contributed by atoms with Crippen molar-refractivity contribution < 1.29 is 9.84 Å². The number of aryl methyl sites for hydroxylation is 2. The van der Waals surface area contributed by atoms with Gasteiger partial charge in [0.1, 0.15) is 5.75 Å². The van der Waals surface area contributed by atoms with Crippen LogP contribution < -0.4 is 4.74 Å². The van der Waals surface area contributed by atoms with Crippen LogP contribution in [0.2, 0.25) is 0 Å². The third kappa shape index (κ3) is 1.94. The van der Waals surface area contributed by atoms with Gasteiger partial charge in [-0.2, -0.15) is 0 Å². The lowest BCUT2D eigenvalue weighted by atomic mass is 9.94. The molecule has 0 bridgehead atoms. The van der Waals surface area contributed by atoms with Crippen LogP contribution in [-0.2, 0) is 6.42 Å². The molecule has 1 aliphatic carbocycles. The summed E-state index contributed by atoms with van der Waals surface area (Å²) in [4.78, 5) is 0. The van der Waals surface area contributed by atoms with Crippen molar-refractivity contribution in [2.24, 2.45) is 0 Å². The van der Waals surface area contributed by atoms with Gasteiger partial charge in [-0.3, -0.25) is 0 Å². The van der Waals surface area contributed by atoms with Crippen LogP contribution >= 0.6 is 0 Å². The van der Waals surface area contributed by atoms with E-state index in [1.165, 1.54) is 22.3 Å². The van der Waals surface area contributed by atoms with Crippen LogP contribution in [0.4, 0.5) is 0 Å². The first-order valence-corrected chi connectivity index (χ1v) is 5.83. The molecule has 1 N–H and O–H groups in total. The molecule has 2 heteroatoms. The van der Waals surface area contributed by atoms with E-state index in [4.69, 9.17) is 4.74 Å². The zero-order chi connectivity index (χ0) is 11.9. The Bertz CT molecular complexity index is 417. The molecule has 0 spiro atoms. The van der Waals surface area contributed by atoms with Crippen LogP contribution in [0.5, 0.6) is 5.75 Å². The molecule has 0 amide bonds. The second-order valence-electron chi connectivity index (χ2n) is 5.05. The molecule has 2 rings (SSSR count). The second-order valence-corrected chi connectivity index (χ2v) is 5.05. The maximum Gasteiger partial charge on any atom is 0.125 e. The molecule has 1 aromatic rings. The van der Waals surface area contributed by atoms with E-state index in [2.05, 4.69) is 26.8 Å². The Morgan fingerprint density at radius 2 is 1.88 bits per heavy atom. The molecule has 0 aromatic heterocycles. The van der Waals surface area contributed by atoms with Gasteiger partial charge in [-0.15, -0.1) is 0 Å². The highest BCUT2D eigenvalue weighted by atomic mass is 16.5. The summed E-state index contributed by atoms with van der Waals surface area (Å²) in [5.74, 6) is 0.956. The van der Waals surface area contributed by atoms with Crippen LogP contribution in [0.25, 0.3) is 0 Å². The zero-order valence-electron chi connectivity index (χ0n) is 10.6. The predicted molar refractivity (Wildman–Crippen MR) is 65.1 cm³/mol. The minimum Gasteiger partial charge on any atom is -0.496 e. The molecule has 0 radical (unpaired) electrons. The molecule has 88 valence electrons. The van der Waals surface area contributed by atoms with E-state index >= 15 is 0 Å². The molecule has 1 aromatic carbocycles. The molecule has 1 aliphatic rings. The van der Waals surface area contributed by atoms with E-state index in [1.54, 1.807) is 7.11 Å². The highest BCUT2D eigenvalue weighted by molar-refractivity contribution is 5.50. The Morgan fingerprint density at radius 3 is 2.38 bits per heavy atom. The van der Waals surface area contributed by atoms with Crippen LogP contribution in [0.1, 0.15) is 35.1 Å². The predicted octanol–water partition coefficient (Wildman–Crippen LogP) is 2.69. The Morgan fingerprint density at radius 1 is 1.25 bits per heavy atom. The fourth-order valence-electron chi connectivity index (χ4n) is 2.25. The minimum absolute atomic E-state index is 0.459. The smallest absolute Gasteiger partial charge is 0.125 e. The van der Waals surface area contributed by atoms with Gasteiger partial charge in [-0.25, -0.2) is 0 Å². The highest BCUT2D eigenvalue weighted by Gasteiger charge is 2.41. The molecule has 0 heterocycles. The number of rotatable bonds is 3. The number of benzene rings is 1. The van der Waals surface area contributed by atoms with Gasteiger partial charge in [0.25, 0.3) is 0 Å². The van der Waals surface area contributed by atoms with Crippen molar-refractivity contribution in [1.82, 2.24) is 0 Å². The standard InChI is InChI=1S/C14H20O2/c1-9-7-10(2)12(8-14(15)5-6-14)13(16-4)11(9)3/h7,15H,5-6,8H2,1-4H3. The van der Waals surface area contributed by atoms with Crippen molar-refractivity contribution in [2.45, 2.75) is 45.6 Å². The zero-order valence-corrected chi connectivity index (χ0v) is 10.6. The lowest BCUT2D eigenvalue weighted by Crippen LogP contribution is -2.13. The minimum atomic E-state index is -0.459. The summed E-state index contributed by atoms with van der Waals surface area (Å²) >= 11 is 0. The van der Waals surface area contributed by atoms with Crippen LogP contribution in [0.3, 0.4) is 0 Å². The average Bonchev–Trinajstić information content (AvgIpc) is 2.94. The molecular weight excluding hydrogens is 200 g/mol. The average molecular weight is 220 g/mol. The van der Waals surface area contributed by atoms with E-state index in [0.29, 0.717) is 0 Å². The maximum atomic E-state index is 10.0. The van der Waals surface area contributed by atoms with Gasteiger partial charge in [0.05, 0.1) is 12.7 Å². The summed E-state index contributed by atoms with van der Waals surface area (Å²) in [5.41, 5.74) is 4.37. The van der Waals surface area contributed by atoms with Gasteiger partial charge in [-0.1, -0.05) is 6.07 Å². The summed E-state index contributed by atoms with van der Waals surface area (Å²) in [5, 5.41) is 10.0. The lowest BCUT2D eigenvalue weighted by molar-refractivity contribution is 0.149. The van der Waals surface area contributed by atoms with E-state index < -0.39 is 5.60 Å². The quantitative estimate of drug-likeness (QED) is 0.848. The van der Waals surface area contributed by atoms with Gasteiger partial charge in [0.2, 0.25) is 0 Å².